The molecule has 24 heavy (non-hydrogen) atoms. The Hall–Kier alpha value is -1.85. The van der Waals surface area contributed by atoms with Crippen molar-refractivity contribution in [3.05, 3.63) is 11.8 Å². The number of nitrogens with one attached hydrogen (secondary N) is 1. The monoisotopic (exact) mass is 329 g/mol. The van der Waals surface area contributed by atoms with Crippen molar-refractivity contribution in [2.45, 2.75) is 51.5 Å². The molecule has 0 radical (unpaired) electrons. The van der Waals surface area contributed by atoms with E-state index in [-0.39, 0.29) is 5.91 Å². The lowest BCUT2D eigenvalue weighted by Gasteiger charge is -2.28. The number of hydrogen-bond donors (Lipinski definition) is 1. The van der Waals surface area contributed by atoms with Crippen LogP contribution in [0.5, 0.6) is 0 Å². The second kappa shape index (κ2) is 6.57. The van der Waals surface area contributed by atoms with Gasteiger partial charge in [0.15, 0.2) is 0 Å². The van der Waals surface area contributed by atoms with Gasteiger partial charge in [0.25, 0.3) is 5.91 Å². The van der Waals surface area contributed by atoms with Crippen molar-refractivity contribution >= 4 is 17.7 Å². The molecule has 1 saturated carbocycles. The van der Waals surface area contributed by atoms with Crippen LogP contribution < -0.4 is 10.2 Å². The van der Waals surface area contributed by atoms with Gasteiger partial charge in [-0.15, -0.1) is 0 Å². The molecule has 2 fully saturated rings. The predicted octanol–water partition coefficient (Wildman–Crippen LogP) is 2.52. The summed E-state index contributed by atoms with van der Waals surface area (Å²) >= 11 is 0. The number of carbonyl (C=O) groups is 1. The van der Waals surface area contributed by atoms with E-state index in [1.54, 1.807) is 6.20 Å². The molecule has 3 aliphatic rings. The van der Waals surface area contributed by atoms with Gasteiger partial charge in [0.1, 0.15) is 11.4 Å². The van der Waals surface area contributed by atoms with Crippen LogP contribution in [0.2, 0.25) is 0 Å². The van der Waals surface area contributed by atoms with E-state index in [9.17, 15) is 4.79 Å². The van der Waals surface area contributed by atoms with Gasteiger partial charge in [0, 0.05) is 38.4 Å². The Morgan fingerprint density at radius 3 is 2.88 bits per heavy atom. The van der Waals surface area contributed by atoms with Crippen molar-refractivity contribution in [3.8, 4) is 0 Å². The van der Waals surface area contributed by atoms with Crippen LogP contribution in [0.15, 0.2) is 6.20 Å². The third kappa shape index (κ3) is 2.82. The van der Waals surface area contributed by atoms with Gasteiger partial charge >= 0.3 is 0 Å². The molecule has 1 N–H and O–H groups in total. The third-order valence-electron chi connectivity index (χ3n) is 5.65. The second-order valence-electron chi connectivity index (χ2n) is 7.31. The lowest BCUT2D eigenvalue weighted by atomic mass is 10.1. The van der Waals surface area contributed by atoms with Gasteiger partial charge in [-0.3, -0.25) is 4.79 Å². The molecule has 0 unspecified atom stereocenters. The number of amides is 1. The minimum absolute atomic E-state index is 0.120. The number of aromatic nitrogens is 2. The molecule has 1 amide bonds. The highest BCUT2D eigenvalue weighted by Gasteiger charge is 2.37. The standard InChI is InChI=1S/C18H27N5O/c1-2-19-18-20-10-15-16(21-18)23-9-5-8-14(23)12-22(17(15)24)11-13-6-3-4-7-13/h10,13-14H,2-9,11-12H2,1H3,(H,19,20,21)/t14-/m0/s1. The minimum atomic E-state index is 0.120. The molecule has 4 rings (SSSR count). The van der Waals surface area contributed by atoms with Crippen molar-refractivity contribution in [1.82, 2.24) is 14.9 Å². The summed E-state index contributed by atoms with van der Waals surface area (Å²) in [5, 5.41) is 3.17. The quantitative estimate of drug-likeness (QED) is 0.920. The molecule has 0 aromatic carbocycles. The number of fused-ring (bicyclic) bond motifs is 3. The minimum Gasteiger partial charge on any atom is -0.354 e. The van der Waals surface area contributed by atoms with Crippen molar-refractivity contribution in [1.29, 1.82) is 0 Å². The summed E-state index contributed by atoms with van der Waals surface area (Å²) < 4.78 is 0. The van der Waals surface area contributed by atoms with Crippen LogP contribution in [0.3, 0.4) is 0 Å². The number of rotatable bonds is 4. The van der Waals surface area contributed by atoms with Crippen LogP contribution in [0.1, 0.15) is 55.8 Å². The average molecular weight is 329 g/mol. The molecule has 6 heteroatoms. The Balaban J connectivity index is 1.66. The van der Waals surface area contributed by atoms with E-state index in [0.717, 1.165) is 38.4 Å². The first-order valence-corrected chi connectivity index (χ1v) is 9.43. The fourth-order valence-electron chi connectivity index (χ4n) is 4.46. The molecule has 3 heterocycles. The molecular formula is C18H27N5O. The normalized spacial score (nSPS) is 24.0. The van der Waals surface area contributed by atoms with Crippen LogP contribution in [-0.2, 0) is 0 Å². The van der Waals surface area contributed by atoms with E-state index in [1.807, 2.05) is 6.92 Å². The molecule has 1 atom stereocenters. The predicted molar refractivity (Wildman–Crippen MR) is 94.4 cm³/mol. The van der Waals surface area contributed by atoms with Crippen molar-refractivity contribution in [3.63, 3.8) is 0 Å². The van der Waals surface area contributed by atoms with E-state index >= 15 is 0 Å². The van der Waals surface area contributed by atoms with Gasteiger partial charge < -0.3 is 15.1 Å². The largest absolute Gasteiger partial charge is 0.354 e. The Labute approximate surface area is 143 Å². The molecule has 0 spiro atoms. The van der Waals surface area contributed by atoms with Gasteiger partial charge in [-0.1, -0.05) is 12.8 Å². The molecule has 130 valence electrons. The molecule has 1 aliphatic carbocycles. The zero-order valence-corrected chi connectivity index (χ0v) is 14.5. The second-order valence-corrected chi connectivity index (χ2v) is 7.31. The Morgan fingerprint density at radius 1 is 1.25 bits per heavy atom. The highest BCUT2D eigenvalue weighted by molar-refractivity contribution is 5.99. The SMILES string of the molecule is CCNc1ncc2c(n1)N1CCC[C@H]1CN(CC1CCCC1)C2=O. The fourth-order valence-corrected chi connectivity index (χ4v) is 4.46. The van der Waals surface area contributed by atoms with E-state index < -0.39 is 0 Å². The van der Waals surface area contributed by atoms with Gasteiger partial charge in [-0.2, -0.15) is 4.98 Å². The topological polar surface area (TPSA) is 61.4 Å². The average Bonchev–Trinajstić information content (AvgIpc) is 3.24. The Bertz CT molecular complexity index is 613. The Kier molecular flexibility index (Phi) is 4.29. The summed E-state index contributed by atoms with van der Waals surface area (Å²) in [7, 11) is 0. The van der Waals surface area contributed by atoms with E-state index in [0.29, 0.717) is 23.5 Å². The lowest BCUT2D eigenvalue weighted by molar-refractivity contribution is 0.0727. The van der Waals surface area contributed by atoms with Gasteiger partial charge in [0.05, 0.1) is 0 Å². The highest BCUT2D eigenvalue weighted by atomic mass is 16.2. The summed E-state index contributed by atoms with van der Waals surface area (Å²) in [4.78, 5) is 26.6. The van der Waals surface area contributed by atoms with Crippen LogP contribution in [0, 0.1) is 5.92 Å². The van der Waals surface area contributed by atoms with Crippen LogP contribution >= 0.6 is 0 Å². The smallest absolute Gasteiger partial charge is 0.259 e. The van der Waals surface area contributed by atoms with Gasteiger partial charge in [-0.05, 0) is 38.5 Å². The summed E-state index contributed by atoms with van der Waals surface area (Å²) in [6.45, 7) is 5.54. The van der Waals surface area contributed by atoms with Gasteiger partial charge in [-0.25, -0.2) is 4.98 Å². The maximum atomic E-state index is 13.1. The number of nitrogens with zero attached hydrogens (tertiary/aromatic N) is 4. The Morgan fingerprint density at radius 2 is 2.08 bits per heavy atom. The van der Waals surface area contributed by atoms with E-state index in [1.165, 1.54) is 32.1 Å². The fraction of sp³-hybridized carbons (Fsp3) is 0.722. The third-order valence-corrected chi connectivity index (χ3v) is 5.65. The molecule has 0 bridgehead atoms. The van der Waals surface area contributed by atoms with Crippen molar-refractivity contribution in [2.75, 3.05) is 36.4 Å². The highest BCUT2D eigenvalue weighted by Crippen LogP contribution is 2.33. The van der Waals surface area contributed by atoms with Crippen molar-refractivity contribution in [2.24, 2.45) is 5.92 Å². The molecule has 2 aliphatic heterocycles. The van der Waals surface area contributed by atoms with Gasteiger partial charge in [0.2, 0.25) is 5.95 Å². The summed E-state index contributed by atoms with van der Waals surface area (Å²) in [5.74, 6) is 2.25. The maximum absolute atomic E-state index is 13.1. The summed E-state index contributed by atoms with van der Waals surface area (Å²) in [6.07, 6.45) is 9.21. The van der Waals surface area contributed by atoms with Crippen LogP contribution in [0.25, 0.3) is 0 Å². The lowest BCUT2D eigenvalue weighted by Crippen LogP contribution is -2.41. The number of carbonyl (C=O) groups excluding carboxylic acids is 1. The molecular weight excluding hydrogens is 302 g/mol. The molecule has 6 nitrogen and oxygen atoms in total. The number of hydrogen-bond acceptors (Lipinski definition) is 5. The maximum Gasteiger partial charge on any atom is 0.259 e. The molecule has 1 aromatic rings. The van der Waals surface area contributed by atoms with Crippen molar-refractivity contribution < 1.29 is 4.79 Å². The first-order valence-electron chi connectivity index (χ1n) is 9.43. The van der Waals surface area contributed by atoms with E-state index in [2.05, 4.69) is 25.1 Å². The zero-order chi connectivity index (χ0) is 16.5. The zero-order valence-electron chi connectivity index (χ0n) is 14.5. The van der Waals surface area contributed by atoms with Crippen LogP contribution in [0.4, 0.5) is 11.8 Å². The summed E-state index contributed by atoms with van der Waals surface area (Å²) in [5.41, 5.74) is 0.680. The molecule has 1 saturated heterocycles. The molecule has 1 aromatic heterocycles. The first kappa shape index (κ1) is 15.7. The van der Waals surface area contributed by atoms with Crippen LogP contribution in [-0.4, -0.2) is 53.0 Å². The first-order chi connectivity index (χ1) is 11.8. The summed E-state index contributed by atoms with van der Waals surface area (Å²) in [6, 6.07) is 0.404. The number of anilines is 2. The van der Waals surface area contributed by atoms with E-state index in [4.69, 9.17) is 0 Å².